The van der Waals surface area contributed by atoms with Gasteiger partial charge in [-0.1, -0.05) is 158 Å². The van der Waals surface area contributed by atoms with Crippen LogP contribution in [0.1, 0.15) is 22.9 Å². The minimum Gasteiger partial charge on any atom is -0.333 e. The third-order valence-electron chi connectivity index (χ3n) is 9.63. The van der Waals surface area contributed by atoms with Gasteiger partial charge < -0.3 is 9.47 Å². The Morgan fingerprint density at radius 1 is 0.500 bits per heavy atom. The largest absolute Gasteiger partial charge is 0.333 e. The van der Waals surface area contributed by atoms with Crippen LogP contribution in [-0.2, 0) is 0 Å². The summed E-state index contributed by atoms with van der Waals surface area (Å²) in [6.07, 6.45) is -0.203. The number of para-hydroxylation sites is 2. The van der Waals surface area contributed by atoms with Crippen LogP contribution in [0.25, 0.3) is 49.7 Å². The van der Waals surface area contributed by atoms with Gasteiger partial charge in [0.05, 0.1) is 11.0 Å². The average molecular weight is 643 g/mol. The number of aliphatic imine (C=N–C) groups is 2. The third kappa shape index (κ3) is 5.10. The number of benzene rings is 7. The molecule has 2 heterocycles. The first kappa shape index (κ1) is 29.6. The summed E-state index contributed by atoms with van der Waals surface area (Å²) in [4.78, 5) is 12.5. The van der Waals surface area contributed by atoms with Gasteiger partial charge in [-0.15, -0.1) is 0 Å². The van der Waals surface area contributed by atoms with Crippen molar-refractivity contribution in [2.24, 2.45) is 9.98 Å². The molecule has 0 saturated heterocycles. The Labute approximate surface area is 292 Å². The van der Waals surface area contributed by atoms with Gasteiger partial charge >= 0.3 is 0 Å². The Bertz CT molecular complexity index is 2530. The van der Waals surface area contributed by atoms with E-state index < -0.39 is 0 Å². The summed E-state index contributed by atoms with van der Waals surface area (Å²) in [5.74, 6) is 1.62. The molecule has 0 aliphatic carbocycles. The van der Waals surface area contributed by atoms with Crippen molar-refractivity contribution in [3.05, 3.63) is 199 Å². The van der Waals surface area contributed by atoms with Gasteiger partial charge in [-0.25, -0.2) is 9.98 Å². The van der Waals surface area contributed by atoms with Gasteiger partial charge in [0.1, 0.15) is 12.0 Å². The second-order valence-corrected chi connectivity index (χ2v) is 12.7. The lowest BCUT2D eigenvalue weighted by molar-refractivity contribution is 0.383. The second kappa shape index (κ2) is 12.5. The van der Waals surface area contributed by atoms with Crippen LogP contribution in [0.15, 0.2) is 192 Å². The van der Waals surface area contributed by atoms with Crippen molar-refractivity contribution in [3.63, 3.8) is 0 Å². The maximum absolute atomic E-state index is 5.20. The van der Waals surface area contributed by atoms with Gasteiger partial charge in [-0.2, -0.15) is 0 Å². The van der Waals surface area contributed by atoms with E-state index in [4.69, 9.17) is 9.98 Å². The van der Waals surface area contributed by atoms with Crippen molar-refractivity contribution >= 4 is 33.5 Å². The van der Waals surface area contributed by atoms with Crippen molar-refractivity contribution in [3.8, 4) is 27.9 Å². The summed E-state index contributed by atoms with van der Waals surface area (Å²) in [7, 11) is 2.09. The molecule has 8 aromatic rings. The lowest BCUT2D eigenvalue weighted by Gasteiger charge is -2.32. The highest BCUT2D eigenvalue weighted by Gasteiger charge is 2.27. The predicted molar refractivity (Wildman–Crippen MR) is 208 cm³/mol. The maximum atomic E-state index is 5.20. The molecule has 238 valence electrons. The van der Waals surface area contributed by atoms with E-state index in [2.05, 4.69) is 174 Å². The number of aromatic nitrogens is 1. The first-order valence-electron chi connectivity index (χ1n) is 17.0. The van der Waals surface area contributed by atoms with Crippen LogP contribution in [-0.4, -0.2) is 28.2 Å². The average Bonchev–Trinajstić information content (AvgIpc) is 3.54. The zero-order valence-corrected chi connectivity index (χ0v) is 27.7. The fourth-order valence-electron chi connectivity index (χ4n) is 7.32. The van der Waals surface area contributed by atoms with Crippen LogP contribution in [0.3, 0.4) is 0 Å². The topological polar surface area (TPSA) is 32.9 Å². The molecule has 0 saturated carbocycles. The van der Waals surface area contributed by atoms with E-state index in [9.17, 15) is 0 Å². The van der Waals surface area contributed by atoms with E-state index in [-0.39, 0.29) is 6.17 Å². The SMILES string of the molecule is CN1C(c2cccc(-c3cccc4c3c3cccc(-c5ccccc5)c3n4-c3ccccc3)c2)=NC(c2ccccc2)=NC1c1ccccc1. The fraction of sp³-hybridized carbons (Fsp3) is 0.0435. The van der Waals surface area contributed by atoms with Gasteiger partial charge in [-0.05, 0) is 46.5 Å². The smallest absolute Gasteiger partial charge is 0.159 e. The number of hydrogen-bond acceptors (Lipinski definition) is 3. The highest BCUT2D eigenvalue weighted by atomic mass is 15.3. The molecule has 0 N–H and O–H groups in total. The molecule has 1 atom stereocenters. The Hall–Kier alpha value is -6.52. The summed E-state index contributed by atoms with van der Waals surface area (Å²) in [5.41, 5.74) is 11.4. The summed E-state index contributed by atoms with van der Waals surface area (Å²) >= 11 is 0. The molecule has 4 nitrogen and oxygen atoms in total. The van der Waals surface area contributed by atoms with Crippen molar-refractivity contribution in [2.75, 3.05) is 7.05 Å². The van der Waals surface area contributed by atoms with Crippen LogP contribution in [0, 0.1) is 0 Å². The quantitative estimate of drug-likeness (QED) is 0.178. The van der Waals surface area contributed by atoms with E-state index in [1.54, 1.807) is 0 Å². The van der Waals surface area contributed by atoms with E-state index in [0.29, 0.717) is 0 Å². The molecule has 0 fully saturated rings. The highest BCUT2D eigenvalue weighted by molar-refractivity contribution is 6.19. The van der Waals surface area contributed by atoms with Crippen molar-refractivity contribution in [2.45, 2.75) is 6.17 Å². The summed E-state index contributed by atoms with van der Waals surface area (Å²) in [6.45, 7) is 0. The molecular formula is C46H34N4. The second-order valence-electron chi connectivity index (χ2n) is 12.7. The molecular weight excluding hydrogens is 609 g/mol. The lowest BCUT2D eigenvalue weighted by Crippen LogP contribution is -2.35. The van der Waals surface area contributed by atoms with Crippen LogP contribution < -0.4 is 0 Å². The Balaban J connectivity index is 1.25. The molecule has 0 amide bonds. The fourth-order valence-corrected chi connectivity index (χ4v) is 7.32. The normalized spacial score (nSPS) is 14.5. The molecule has 0 radical (unpaired) electrons. The minimum atomic E-state index is -0.203. The van der Waals surface area contributed by atoms with Crippen molar-refractivity contribution < 1.29 is 0 Å². The van der Waals surface area contributed by atoms with Crippen LogP contribution in [0.4, 0.5) is 0 Å². The van der Waals surface area contributed by atoms with Gasteiger partial charge in [0.25, 0.3) is 0 Å². The Morgan fingerprint density at radius 3 is 1.82 bits per heavy atom. The molecule has 1 aliphatic rings. The summed E-state index contributed by atoms with van der Waals surface area (Å²) in [5, 5.41) is 2.45. The molecule has 50 heavy (non-hydrogen) atoms. The van der Waals surface area contributed by atoms with Crippen molar-refractivity contribution in [1.82, 2.24) is 9.47 Å². The zero-order chi connectivity index (χ0) is 33.4. The number of amidine groups is 2. The van der Waals surface area contributed by atoms with Crippen LogP contribution in [0.2, 0.25) is 0 Å². The van der Waals surface area contributed by atoms with Gasteiger partial charge in [0, 0.05) is 40.2 Å². The van der Waals surface area contributed by atoms with E-state index in [0.717, 1.165) is 39.6 Å². The predicted octanol–water partition coefficient (Wildman–Crippen LogP) is 11.0. The number of fused-ring (bicyclic) bond motifs is 3. The first-order valence-corrected chi connectivity index (χ1v) is 17.0. The molecule has 0 bridgehead atoms. The molecule has 1 aromatic heterocycles. The van der Waals surface area contributed by atoms with E-state index in [1.807, 2.05) is 24.3 Å². The van der Waals surface area contributed by atoms with Crippen LogP contribution >= 0.6 is 0 Å². The summed E-state index contributed by atoms with van der Waals surface area (Å²) in [6, 6.07) is 64.3. The zero-order valence-electron chi connectivity index (χ0n) is 27.7. The third-order valence-corrected chi connectivity index (χ3v) is 9.63. The number of nitrogens with zero attached hydrogens (tertiary/aromatic N) is 4. The Kier molecular flexibility index (Phi) is 7.40. The van der Waals surface area contributed by atoms with Gasteiger partial charge in [0.15, 0.2) is 5.84 Å². The number of hydrogen-bond donors (Lipinski definition) is 0. The van der Waals surface area contributed by atoms with Gasteiger partial charge in [0.2, 0.25) is 0 Å². The molecule has 1 unspecified atom stereocenters. The first-order chi connectivity index (χ1) is 24.7. The molecule has 7 aromatic carbocycles. The summed E-state index contributed by atoms with van der Waals surface area (Å²) < 4.78 is 2.42. The van der Waals surface area contributed by atoms with Crippen LogP contribution in [0.5, 0.6) is 0 Å². The molecule has 9 rings (SSSR count). The molecule has 0 spiro atoms. The minimum absolute atomic E-state index is 0.203. The van der Waals surface area contributed by atoms with Gasteiger partial charge in [-0.3, -0.25) is 0 Å². The monoisotopic (exact) mass is 642 g/mol. The standard InChI is InChI=1S/C46H34N4/c1-49-45(34-21-10-4-11-22-34)47-44(33-19-8-3-9-20-33)48-46(49)36-24-14-23-35(31-36)38-27-16-30-41-42(38)40-29-15-28-39(32-17-6-2-7-18-32)43(40)50(41)37-25-12-5-13-26-37/h2-31,45H,1H3. The number of rotatable bonds is 6. The molecule has 1 aliphatic heterocycles. The molecule has 4 heteroatoms. The van der Waals surface area contributed by atoms with E-state index in [1.165, 1.54) is 38.5 Å². The highest BCUT2D eigenvalue weighted by Crippen LogP contribution is 2.42. The van der Waals surface area contributed by atoms with Crippen molar-refractivity contribution in [1.29, 1.82) is 0 Å². The van der Waals surface area contributed by atoms with E-state index >= 15 is 0 Å². The Morgan fingerprint density at radius 2 is 1.08 bits per heavy atom. The maximum Gasteiger partial charge on any atom is 0.159 e. The lowest BCUT2D eigenvalue weighted by atomic mass is 9.96.